The predicted octanol–water partition coefficient (Wildman–Crippen LogP) is 4.19. The first kappa shape index (κ1) is 26.2. The molecule has 192 valence electrons. The normalized spacial score (nSPS) is 11.9. The molecule has 1 heterocycles. The predicted molar refractivity (Wildman–Crippen MR) is 158 cm³/mol. The summed E-state index contributed by atoms with van der Waals surface area (Å²) >= 11 is 0. The maximum Gasteiger partial charge on any atom is 0.204 e. The Bertz CT molecular complexity index is 1510. The van der Waals surface area contributed by atoms with Crippen LogP contribution in [0.5, 0.6) is 0 Å². The fraction of sp³-hybridized carbons (Fsp3) is 0.156. The fourth-order valence-corrected chi connectivity index (χ4v) is 11.6. The highest BCUT2D eigenvalue weighted by molar-refractivity contribution is 7.90. The molecule has 0 aliphatic heterocycles. The molecule has 0 fully saturated rings. The van der Waals surface area contributed by atoms with Crippen molar-refractivity contribution >= 4 is 46.4 Å². The van der Waals surface area contributed by atoms with E-state index in [2.05, 4.69) is 13.3 Å². The molecule has 0 amide bonds. The third-order valence-corrected chi connectivity index (χ3v) is 13.3. The van der Waals surface area contributed by atoms with Gasteiger partial charge < -0.3 is 18.3 Å². The van der Waals surface area contributed by atoms with Crippen LogP contribution in [0.1, 0.15) is 19.8 Å². The summed E-state index contributed by atoms with van der Waals surface area (Å²) in [4.78, 5) is 0. The van der Waals surface area contributed by atoms with Gasteiger partial charge in [-0.2, -0.15) is 0 Å². The van der Waals surface area contributed by atoms with E-state index < -0.39 is 14.3 Å². The first-order chi connectivity index (χ1) is 18.5. The van der Waals surface area contributed by atoms with Crippen molar-refractivity contribution in [3.63, 3.8) is 0 Å². The number of hydrogen-bond acceptors (Lipinski definition) is 2. The van der Waals surface area contributed by atoms with Gasteiger partial charge in [0.2, 0.25) is 6.33 Å². The summed E-state index contributed by atoms with van der Waals surface area (Å²) in [6.07, 6.45) is 5.29. The van der Waals surface area contributed by atoms with Crippen molar-refractivity contribution in [1.82, 2.24) is 4.57 Å². The number of unbranched alkanes of at least 4 members (excludes halogenated alkanes) is 1. The van der Waals surface area contributed by atoms with Gasteiger partial charge in [-0.1, -0.05) is 135 Å². The summed E-state index contributed by atoms with van der Waals surface area (Å²) in [6.45, 7) is 2.77. The van der Waals surface area contributed by atoms with E-state index in [9.17, 15) is 0 Å². The summed E-state index contributed by atoms with van der Waals surface area (Å²) in [7, 11) is -5.06. The molecule has 5 rings (SSSR count). The molecular formula is C32H32N2O2P2. The zero-order valence-corrected chi connectivity index (χ0v) is 23.6. The van der Waals surface area contributed by atoms with Crippen LogP contribution in [0.15, 0.2) is 121 Å². The maximum atomic E-state index is 15.8. The molecule has 0 bridgehead atoms. The van der Waals surface area contributed by atoms with Crippen molar-refractivity contribution in [2.45, 2.75) is 26.3 Å². The molecule has 0 unspecified atom stereocenters. The van der Waals surface area contributed by atoms with Crippen molar-refractivity contribution in [3.8, 4) is 0 Å². The van der Waals surface area contributed by atoms with Gasteiger partial charge in [-0.25, -0.2) is 0 Å². The van der Waals surface area contributed by atoms with Gasteiger partial charge >= 0.3 is 0 Å². The van der Waals surface area contributed by atoms with E-state index in [1.807, 2.05) is 138 Å². The average Bonchev–Trinajstić information content (AvgIpc) is 3.33. The smallest absolute Gasteiger partial charge is 0.204 e. The van der Waals surface area contributed by atoms with Gasteiger partial charge in [-0.15, -0.1) is 0 Å². The summed E-state index contributed by atoms with van der Waals surface area (Å²) in [6, 6.07) is 38.4. The lowest BCUT2D eigenvalue weighted by atomic mass is 10.3. The van der Waals surface area contributed by atoms with Crippen LogP contribution in [0.2, 0.25) is 0 Å². The first-order valence-corrected chi connectivity index (χ1v) is 16.4. The SMILES string of the molecule is CCCCn1[c-][n+](C)c(P(=O)(c2ccccc2)c2ccccc2)c1P(=O)(c1ccccc1)c1ccccc1. The van der Waals surface area contributed by atoms with Gasteiger partial charge in [-0.3, -0.25) is 0 Å². The summed E-state index contributed by atoms with van der Waals surface area (Å²) < 4.78 is 35.2. The molecule has 5 aromatic rings. The Morgan fingerprint density at radius 1 is 0.632 bits per heavy atom. The molecule has 38 heavy (non-hydrogen) atoms. The Morgan fingerprint density at radius 2 is 1.00 bits per heavy atom. The maximum absolute atomic E-state index is 15.8. The summed E-state index contributed by atoms with van der Waals surface area (Å²) in [5, 5.41) is 2.84. The van der Waals surface area contributed by atoms with E-state index in [1.165, 1.54) is 0 Å². The lowest BCUT2D eigenvalue weighted by molar-refractivity contribution is -0.657. The largest absolute Gasteiger partial charge is 0.343 e. The number of aryl methyl sites for hydroxylation is 2. The van der Waals surface area contributed by atoms with Crippen molar-refractivity contribution in [3.05, 3.63) is 128 Å². The van der Waals surface area contributed by atoms with Crippen LogP contribution in [-0.2, 0) is 22.7 Å². The zero-order chi connectivity index (χ0) is 26.6. The Kier molecular flexibility index (Phi) is 7.65. The Labute approximate surface area is 225 Å². The molecule has 1 aromatic heterocycles. The van der Waals surface area contributed by atoms with E-state index in [0.717, 1.165) is 12.8 Å². The second-order valence-corrected chi connectivity index (χ2v) is 14.7. The highest BCUT2D eigenvalue weighted by Crippen LogP contribution is 2.47. The molecule has 0 aliphatic carbocycles. The Balaban J connectivity index is 1.94. The average molecular weight is 539 g/mol. The van der Waals surface area contributed by atoms with Crippen LogP contribution in [-0.4, -0.2) is 4.57 Å². The summed E-state index contributed by atoms with van der Waals surface area (Å²) in [5.41, 5.74) is 1.14. The number of hydrogen-bond donors (Lipinski definition) is 0. The van der Waals surface area contributed by atoms with Gasteiger partial charge in [-0.05, 0) is 6.42 Å². The highest BCUT2D eigenvalue weighted by Gasteiger charge is 2.41. The van der Waals surface area contributed by atoms with Crippen LogP contribution in [0, 0.1) is 6.33 Å². The molecular weight excluding hydrogens is 506 g/mol. The Hall–Kier alpha value is -3.45. The fourth-order valence-electron chi connectivity index (χ4n) is 5.02. The number of imidazole rings is 1. The third kappa shape index (κ3) is 4.53. The molecule has 0 radical (unpaired) electrons. The van der Waals surface area contributed by atoms with Crippen LogP contribution in [0.4, 0.5) is 0 Å². The number of rotatable bonds is 9. The molecule has 4 nitrogen and oxygen atoms in total. The zero-order valence-electron chi connectivity index (χ0n) is 21.8. The second-order valence-electron chi connectivity index (χ2n) is 9.37. The van der Waals surface area contributed by atoms with Crippen LogP contribution in [0.25, 0.3) is 0 Å². The molecule has 0 saturated heterocycles. The molecule has 0 spiro atoms. The van der Waals surface area contributed by atoms with Crippen molar-refractivity contribution in [2.24, 2.45) is 7.05 Å². The van der Waals surface area contributed by atoms with Gasteiger partial charge in [0.25, 0.3) is 0 Å². The highest BCUT2D eigenvalue weighted by atomic mass is 31.2. The summed E-state index contributed by atoms with van der Waals surface area (Å²) in [5.74, 6) is 0. The van der Waals surface area contributed by atoms with Crippen LogP contribution < -0.4 is 36.7 Å². The minimum Gasteiger partial charge on any atom is -0.343 e. The minimum absolute atomic E-state index is 0.557. The van der Waals surface area contributed by atoms with Gasteiger partial charge in [0.15, 0.2) is 14.3 Å². The standard InChI is InChI=1S/C32H32N2O2P2/c1-3-4-25-34-26-33(2)31(37(35,27-17-9-5-10-18-27)28-19-11-6-12-20-28)32(34)38(36,29-21-13-7-14-22-29)30-23-15-8-16-24-30/h5-24H,3-4,25H2,1-2H3. The van der Waals surface area contributed by atoms with E-state index in [1.54, 1.807) is 0 Å². The van der Waals surface area contributed by atoms with Crippen molar-refractivity contribution in [2.75, 3.05) is 0 Å². The lowest BCUT2D eigenvalue weighted by Gasteiger charge is -2.29. The second kappa shape index (κ2) is 11.1. The lowest BCUT2D eigenvalue weighted by Crippen LogP contribution is -2.53. The van der Waals surface area contributed by atoms with Gasteiger partial charge in [0.05, 0.1) is 24.5 Å². The van der Waals surface area contributed by atoms with Gasteiger partial charge in [0.1, 0.15) is 0 Å². The quantitative estimate of drug-likeness (QED) is 0.161. The molecule has 0 N–H and O–H groups in total. The molecule has 0 saturated carbocycles. The first-order valence-electron chi connectivity index (χ1n) is 13.0. The van der Waals surface area contributed by atoms with Crippen molar-refractivity contribution < 1.29 is 13.7 Å². The monoisotopic (exact) mass is 538 g/mol. The van der Waals surface area contributed by atoms with Crippen LogP contribution in [0.3, 0.4) is 0 Å². The minimum atomic E-state index is -3.47. The Morgan fingerprint density at radius 3 is 1.37 bits per heavy atom. The third-order valence-electron chi connectivity index (χ3n) is 6.86. The van der Waals surface area contributed by atoms with Crippen LogP contribution >= 0.6 is 14.3 Å². The molecule has 4 aromatic carbocycles. The molecule has 0 atom stereocenters. The molecule has 6 heteroatoms. The van der Waals surface area contributed by atoms with E-state index in [-0.39, 0.29) is 0 Å². The number of benzene rings is 4. The van der Waals surface area contributed by atoms with Crippen molar-refractivity contribution in [1.29, 1.82) is 0 Å². The molecule has 0 aliphatic rings. The van der Waals surface area contributed by atoms with Gasteiger partial charge in [0, 0.05) is 21.2 Å². The number of aromatic nitrogens is 2. The van der Waals surface area contributed by atoms with E-state index in [0.29, 0.717) is 38.6 Å². The topological polar surface area (TPSA) is 43.0 Å². The van der Waals surface area contributed by atoms with E-state index >= 15 is 9.13 Å². The van der Waals surface area contributed by atoms with E-state index in [4.69, 9.17) is 0 Å². The number of nitrogens with zero attached hydrogens (tertiary/aromatic N) is 2.